The minimum atomic E-state index is 0.249. The molecular weight excluding hydrogens is 262 g/mol. The van der Waals surface area contributed by atoms with Crippen molar-refractivity contribution in [2.24, 2.45) is 5.84 Å². The molecule has 4 N–H and O–H groups in total. The molecule has 1 aliphatic rings. The molecule has 0 amide bonds. The summed E-state index contributed by atoms with van der Waals surface area (Å²) >= 11 is 0. The van der Waals surface area contributed by atoms with Crippen LogP contribution in [-0.4, -0.2) is 9.97 Å². The summed E-state index contributed by atoms with van der Waals surface area (Å²) in [5.74, 6) is 7.89. The highest BCUT2D eigenvalue weighted by atomic mass is 15.3. The van der Waals surface area contributed by atoms with Crippen LogP contribution in [0.15, 0.2) is 24.3 Å². The Bertz CT molecular complexity index is 651. The fourth-order valence-electron chi connectivity index (χ4n) is 2.66. The molecule has 0 fully saturated rings. The van der Waals surface area contributed by atoms with Crippen molar-refractivity contribution in [3.05, 3.63) is 41.2 Å². The van der Waals surface area contributed by atoms with Gasteiger partial charge in [0.15, 0.2) is 0 Å². The highest BCUT2D eigenvalue weighted by Crippen LogP contribution is 2.27. The highest BCUT2D eigenvalue weighted by Gasteiger charge is 2.12. The molecule has 2 aromatic rings. The van der Waals surface area contributed by atoms with Gasteiger partial charge in [-0.25, -0.2) is 15.8 Å². The smallest absolute Gasteiger partial charge is 0.145 e. The quantitative estimate of drug-likeness (QED) is 0.593. The summed E-state index contributed by atoms with van der Waals surface area (Å²) in [5.41, 5.74) is 6.57. The van der Waals surface area contributed by atoms with E-state index in [0.717, 1.165) is 17.3 Å². The van der Waals surface area contributed by atoms with Gasteiger partial charge in [-0.2, -0.15) is 0 Å². The van der Waals surface area contributed by atoms with E-state index in [1.165, 1.54) is 30.4 Å². The Morgan fingerprint density at radius 1 is 1.05 bits per heavy atom. The van der Waals surface area contributed by atoms with Crippen LogP contribution in [0.2, 0.25) is 0 Å². The number of nitrogen functional groups attached to an aromatic ring is 1. The molecule has 21 heavy (non-hydrogen) atoms. The van der Waals surface area contributed by atoms with Gasteiger partial charge in [-0.05, 0) is 42.5 Å². The number of hydrogen-bond donors (Lipinski definition) is 3. The molecule has 1 aliphatic carbocycles. The largest absolute Gasteiger partial charge is 0.340 e. The number of hydrogen-bond acceptors (Lipinski definition) is 5. The van der Waals surface area contributed by atoms with Crippen LogP contribution in [0.4, 0.5) is 17.3 Å². The van der Waals surface area contributed by atoms with Gasteiger partial charge in [0.25, 0.3) is 0 Å². The van der Waals surface area contributed by atoms with Gasteiger partial charge in [-0.1, -0.05) is 19.9 Å². The van der Waals surface area contributed by atoms with Crippen LogP contribution in [0.1, 0.15) is 43.1 Å². The van der Waals surface area contributed by atoms with Gasteiger partial charge in [-0.15, -0.1) is 0 Å². The Kier molecular flexibility index (Phi) is 3.75. The van der Waals surface area contributed by atoms with E-state index in [-0.39, 0.29) is 5.92 Å². The zero-order valence-corrected chi connectivity index (χ0v) is 12.5. The van der Waals surface area contributed by atoms with E-state index in [2.05, 4.69) is 52.8 Å². The van der Waals surface area contributed by atoms with E-state index in [1.807, 2.05) is 6.07 Å². The first-order valence-electron chi connectivity index (χ1n) is 7.40. The van der Waals surface area contributed by atoms with Crippen molar-refractivity contribution < 1.29 is 0 Å². The van der Waals surface area contributed by atoms with Gasteiger partial charge in [0, 0.05) is 17.7 Å². The van der Waals surface area contributed by atoms with Crippen molar-refractivity contribution in [2.75, 3.05) is 10.7 Å². The van der Waals surface area contributed by atoms with Crippen molar-refractivity contribution in [1.82, 2.24) is 9.97 Å². The van der Waals surface area contributed by atoms with Gasteiger partial charge in [0.2, 0.25) is 0 Å². The predicted molar refractivity (Wildman–Crippen MR) is 85.7 cm³/mol. The number of nitrogens with two attached hydrogens (primary N) is 1. The SMILES string of the molecule is CC(C)c1nc(NN)cc(Nc2ccc3c(c2)CCC3)n1. The molecule has 0 unspecified atom stereocenters. The molecule has 0 saturated carbocycles. The van der Waals surface area contributed by atoms with Gasteiger partial charge in [0.1, 0.15) is 17.5 Å². The molecule has 1 heterocycles. The first kappa shape index (κ1) is 13.8. The van der Waals surface area contributed by atoms with Crippen molar-refractivity contribution in [3.63, 3.8) is 0 Å². The average Bonchev–Trinajstić information content (AvgIpc) is 2.94. The molecule has 0 spiro atoms. The van der Waals surface area contributed by atoms with Crippen molar-refractivity contribution in [2.45, 2.75) is 39.0 Å². The number of hydrazine groups is 1. The first-order chi connectivity index (χ1) is 10.2. The minimum Gasteiger partial charge on any atom is -0.340 e. The first-order valence-corrected chi connectivity index (χ1v) is 7.40. The maximum absolute atomic E-state index is 5.49. The summed E-state index contributed by atoms with van der Waals surface area (Å²) < 4.78 is 0. The van der Waals surface area contributed by atoms with Gasteiger partial charge in [0.05, 0.1) is 0 Å². The van der Waals surface area contributed by atoms with E-state index < -0.39 is 0 Å². The van der Waals surface area contributed by atoms with Crippen LogP contribution in [0.25, 0.3) is 0 Å². The Labute approximate surface area is 125 Å². The fourth-order valence-corrected chi connectivity index (χ4v) is 2.66. The standard InChI is InChI=1S/C16H21N5/c1-10(2)16-19-14(9-15(20-16)21-17)18-13-7-6-11-4-3-5-12(11)8-13/h6-10H,3-5,17H2,1-2H3,(H2,18,19,20,21). The van der Waals surface area contributed by atoms with Gasteiger partial charge < -0.3 is 10.7 Å². The number of benzene rings is 1. The molecule has 1 aromatic heterocycles. The number of nitrogens with zero attached hydrogens (tertiary/aromatic N) is 2. The molecule has 0 aliphatic heterocycles. The maximum atomic E-state index is 5.49. The lowest BCUT2D eigenvalue weighted by Crippen LogP contribution is -2.12. The van der Waals surface area contributed by atoms with Crippen LogP contribution < -0.4 is 16.6 Å². The summed E-state index contributed by atoms with van der Waals surface area (Å²) in [6, 6.07) is 8.35. The van der Waals surface area contributed by atoms with Crippen molar-refractivity contribution in [1.29, 1.82) is 0 Å². The molecular formula is C16H21N5. The van der Waals surface area contributed by atoms with Gasteiger partial charge in [-0.3, -0.25) is 0 Å². The number of nitrogens with one attached hydrogen (secondary N) is 2. The zero-order chi connectivity index (χ0) is 14.8. The van der Waals surface area contributed by atoms with Crippen molar-refractivity contribution >= 4 is 17.3 Å². The van der Waals surface area contributed by atoms with Crippen LogP contribution in [-0.2, 0) is 12.8 Å². The van der Waals surface area contributed by atoms with Crippen LogP contribution >= 0.6 is 0 Å². The molecule has 0 saturated heterocycles. The monoisotopic (exact) mass is 283 g/mol. The zero-order valence-electron chi connectivity index (χ0n) is 12.5. The van der Waals surface area contributed by atoms with E-state index in [9.17, 15) is 0 Å². The summed E-state index contributed by atoms with van der Waals surface area (Å²) in [4.78, 5) is 8.92. The number of aromatic nitrogens is 2. The Morgan fingerprint density at radius 2 is 1.81 bits per heavy atom. The number of anilines is 3. The van der Waals surface area contributed by atoms with E-state index >= 15 is 0 Å². The summed E-state index contributed by atoms with van der Waals surface area (Å²) in [6.07, 6.45) is 3.62. The number of fused-ring (bicyclic) bond motifs is 1. The Morgan fingerprint density at radius 3 is 2.57 bits per heavy atom. The number of rotatable bonds is 4. The summed E-state index contributed by atoms with van der Waals surface area (Å²) in [6.45, 7) is 4.13. The fraction of sp³-hybridized carbons (Fsp3) is 0.375. The second-order valence-corrected chi connectivity index (χ2v) is 5.76. The van der Waals surface area contributed by atoms with Crippen molar-refractivity contribution in [3.8, 4) is 0 Å². The third-order valence-electron chi connectivity index (χ3n) is 3.78. The minimum absolute atomic E-state index is 0.249. The normalized spacial score (nSPS) is 13.3. The second-order valence-electron chi connectivity index (χ2n) is 5.76. The van der Waals surface area contributed by atoms with Gasteiger partial charge >= 0.3 is 0 Å². The van der Waals surface area contributed by atoms with E-state index in [0.29, 0.717) is 5.82 Å². The van der Waals surface area contributed by atoms with E-state index in [1.54, 1.807) is 0 Å². The molecule has 0 bridgehead atoms. The number of aryl methyl sites for hydroxylation is 2. The topological polar surface area (TPSA) is 75.9 Å². The highest BCUT2D eigenvalue weighted by molar-refractivity contribution is 5.61. The Balaban J connectivity index is 1.88. The predicted octanol–water partition coefficient (Wildman–Crippen LogP) is 3.12. The molecule has 0 radical (unpaired) electrons. The third-order valence-corrected chi connectivity index (χ3v) is 3.78. The third kappa shape index (κ3) is 2.97. The lowest BCUT2D eigenvalue weighted by Gasteiger charge is -2.12. The van der Waals surface area contributed by atoms with Crippen LogP contribution in [0.3, 0.4) is 0 Å². The molecule has 5 heteroatoms. The molecule has 1 aromatic carbocycles. The molecule has 3 rings (SSSR count). The molecule has 0 atom stereocenters. The average molecular weight is 283 g/mol. The van der Waals surface area contributed by atoms with Crippen LogP contribution in [0, 0.1) is 0 Å². The summed E-state index contributed by atoms with van der Waals surface area (Å²) in [5, 5.41) is 3.36. The maximum Gasteiger partial charge on any atom is 0.145 e. The lowest BCUT2D eigenvalue weighted by atomic mass is 10.1. The molecule has 110 valence electrons. The van der Waals surface area contributed by atoms with Crippen LogP contribution in [0.5, 0.6) is 0 Å². The lowest BCUT2D eigenvalue weighted by molar-refractivity contribution is 0.777. The van der Waals surface area contributed by atoms with E-state index in [4.69, 9.17) is 5.84 Å². The Hall–Kier alpha value is -2.14. The molecule has 5 nitrogen and oxygen atoms in total. The summed E-state index contributed by atoms with van der Waals surface area (Å²) in [7, 11) is 0. The second kappa shape index (κ2) is 5.69.